The minimum Gasteiger partial charge on any atom is -0.493 e. The molecular weight excluding hydrogens is 370 g/mol. The Morgan fingerprint density at radius 2 is 1.97 bits per heavy atom. The standard InChI is InChI=1S/C22H25N3O4/c1-14-8-9-18(10-15(14)2)25-13-17(11-20(25)26)22(27)24-23-12-16-6-5-7-19(28-3)21(16)29-4/h5-10,12,17H,11,13H2,1-4H3,(H,24,27)/b23-12-/t17-/m0/s1. The van der Waals surface area contributed by atoms with Gasteiger partial charge in [-0.05, 0) is 49.2 Å². The fourth-order valence-electron chi connectivity index (χ4n) is 3.30. The van der Waals surface area contributed by atoms with Crippen LogP contribution in [-0.2, 0) is 9.59 Å². The maximum atomic E-state index is 12.5. The lowest BCUT2D eigenvalue weighted by atomic mass is 10.1. The molecule has 1 N–H and O–H groups in total. The Morgan fingerprint density at radius 1 is 1.17 bits per heavy atom. The van der Waals surface area contributed by atoms with Crippen molar-refractivity contribution in [1.82, 2.24) is 5.43 Å². The van der Waals surface area contributed by atoms with Gasteiger partial charge >= 0.3 is 0 Å². The zero-order chi connectivity index (χ0) is 21.0. The molecule has 29 heavy (non-hydrogen) atoms. The maximum absolute atomic E-state index is 12.5. The predicted octanol–water partition coefficient (Wildman–Crippen LogP) is 2.82. The molecule has 0 aromatic heterocycles. The lowest BCUT2D eigenvalue weighted by molar-refractivity contribution is -0.126. The van der Waals surface area contributed by atoms with Crippen molar-refractivity contribution in [2.24, 2.45) is 11.0 Å². The monoisotopic (exact) mass is 395 g/mol. The molecule has 3 rings (SSSR count). The number of hydrogen-bond donors (Lipinski definition) is 1. The molecule has 0 spiro atoms. The van der Waals surface area contributed by atoms with Crippen LogP contribution < -0.4 is 19.8 Å². The second-order valence-electron chi connectivity index (χ2n) is 6.99. The number of nitrogens with zero attached hydrogens (tertiary/aromatic N) is 2. The summed E-state index contributed by atoms with van der Waals surface area (Å²) in [5.74, 6) is 0.307. The van der Waals surface area contributed by atoms with Gasteiger partial charge in [0.05, 0.1) is 26.4 Å². The summed E-state index contributed by atoms with van der Waals surface area (Å²) in [6.45, 7) is 4.37. The lowest BCUT2D eigenvalue weighted by Gasteiger charge is -2.17. The van der Waals surface area contributed by atoms with Crippen molar-refractivity contribution in [3.8, 4) is 11.5 Å². The smallest absolute Gasteiger partial charge is 0.245 e. The first-order chi connectivity index (χ1) is 13.9. The van der Waals surface area contributed by atoms with E-state index in [1.807, 2.05) is 38.1 Å². The highest BCUT2D eigenvalue weighted by atomic mass is 16.5. The highest BCUT2D eigenvalue weighted by Crippen LogP contribution is 2.29. The quantitative estimate of drug-likeness (QED) is 0.602. The average Bonchev–Trinajstić information content (AvgIpc) is 3.11. The first-order valence-corrected chi connectivity index (χ1v) is 9.36. The normalized spacial score (nSPS) is 16.3. The minimum atomic E-state index is -0.450. The number of anilines is 1. The fraction of sp³-hybridized carbons (Fsp3) is 0.318. The summed E-state index contributed by atoms with van der Waals surface area (Å²) in [5.41, 5.74) is 6.30. The van der Waals surface area contributed by atoms with E-state index in [4.69, 9.17) is 9.47 Å². The van der Waals surface area contributed by atoms with Gasteiger partial charge in [0, 0.05) is 24.2 Å². The molecule has 0 radical (unpaired) electrons. The van der Waals surface area contributed by atoms with Crippen LogP contribution in [0.2, 0.25) is 0 Å². The van der Waals surface area contributed by atoms with E-state index >= 15 is 0 Å². The van der Waals surface area contributed by atoms with Crippen molar-refractivity contribution in [3.05, 3.63) is 53.1 Å². The van der Waals surface area contributed by atoms with Crippen molar-refractivity contribution in [2.75, 3.05) is 25.7 Å². The molecule has 0 unspecified atom stereocenters. The first kappa shape index (κ1) is 20.4. The SMILES string of the molecule is COc1cccc(/C=N\NC(=O)[C@H]2CC(=O)N(c3ccc(C)c(C)c3)C2)c1OC. The van der Waals surface area contributed by atoms with Gasteiger partial charge in [-0.25, -0.2) is 5.43 Å². The molecule has 1 fully saturated rings. The molecule has 1 aliphatic rings. The van der Waals surface area contributed by atoms with Crippen molar-refractivity contribution >= 4 is 23.7 Å². The second-order valence-corrected chi connectivity index (χ2v) is 6.99. The predicted molar refractivity (Wildman–Crippen MR) is 112 cm³/mol. The lowest BCUT2D eigenvalue weighted by Crippen LogP contribution is -2.30. The summed E-state index contributed by atoms with van der Waals surface area (Å²) in [5, 5.41) is 4.03. The van der Waals surface area contributed by atoms with Crippen molar-refractivity contribution < 1.29 is 19.1 Å². The van der Waals surface area contributed by atoms with Crippen LogP contribution in [0.4, 0.5) is 5.69 Å². The fourth-order valence-corrected chi connectivity index (χ4v) is 3.30. The van der Waals surface area contributed by atoms with E-state index in [0.717, 1.165) is 16.8 Å². The Morgan fingerprint density at radius 3 is 2.66 bits per heavy atom. The molecular formula is C22H25N3O4. The number of rotatable bonds is 6. The summed E-state index contributed by atoms with van der Waals surface area (Å²) in [6, 6.07) is 11.3. The summed E-state index contributed by atoms with van der Waals surface area (Å²) < 4.78 is 10.6. The molecule has 1 atom stereocenters. The number of carbonyl (C=O) groups is 2. The number of methoxy groups -OCH3 is 2. The summed E-state index contributed by atoms with van der Waals surface area (Å²) in [6.07, 6.45) is 1.66. The van der Waals surface area contributed by atoms with E-state index in [0.29, 0.717) is 23.6 Å². The van der Waals surface area contributed by atoms with Gasteiger partial charge in [0.2, 0.25) is 11.8 Å². The molecule has 1 aliphatic heterocycles. The molecule has 152 valence electrons. The average molecular weight is 395 g/mol. The number of hydrazone groups is 1. The topological polar surface area (TPSA) is 80.2 Å². The number of hydrogen-bond acceptors (Lipinski definition) is 5. The number of nitrogens with one attached hydrogen (secondary N) is 1. The van der Waals surface area contributed by atoms with Crippen LogP contribution in [0.3, 0.4) is 0 Å². The third-order valence-electron chi connectivity index (χ3n) is 5.11. The molecule has 7 heteroatoms. The molecule has 1 heterocycles. The van der Waals surface area contributed by atoms with Gasteiger partial charge in [-0.2, -0.15) is 5.10 Å². The number of aryl methyl sites for hydroxylation is 2. The van der Waals surface area contributed by atoms with E-state index in [2.05, 4.69) is 10.5 Å². The highest BCUT2D eigenvalue weighted by Gasteiger charge is 2.35. The van der Waals surface area contributed by atoms with Gasteiger partial charge in [-0.1, -0.05) is 12.1 Å². The Labute approximate surface area is 170 Å². The van der Waals surface area contributed by atoms with Crippen molar-refractivity contribution in [2.45, 2.75) is 20.3 Å². The molecule has 2 amide bonds. The van der Waals surface area contributed by atoms with Crippen LogP contribution in [0.25, 0.3) is 0 Å². The van der Waals surface area contributed by atoms with Gasteiger partial charge < -0.3 is 14.4 Å². The molecule has 2 aromatic rings. The first-order valence-electron chi connectivity index (χ1n) is 9.36. The number of carbonyl (C=O) groups excluding carboxylic acids is 2. The van der Waals surface area contributed by atoms with Crippen LogP contribution in [0.15, 0.2) is 41.5 Å². The Hall–Kier alpha value is -3.35. The van der Waals surface area contributed by atoms with Gasteiger partial charge in [0.15, 0.2) is 11.5 Å². The van der Waals surface area contributed by atoms with E-state index in [-0.39, 0.29) is 18.2 Å². The van der Waals surface area contributed by atoms with Gasteiger partial charge in [0.1, 0.15) is 0 Å². The number of ether oxygens (including phenoxy) is 2. The Balaban J connectivity index is 1.65. The van der Waals surface area contributed by atoms with E-state index < -0.39 is 5.92 Å². The third-order valence-corrected chi connectivity index (χ3v) is 5.11. The highest BCUT2D eigenvalue weighted by molar-refractivity contribution is 6.00. The summed E-state index contributed by atoms with van der Waals surface area (Å²) in [7, 11) is 3.10. The van der Waals surface area contributed by atoms with Crippen LogP contribution in [0.1, 0.15) is 23.1 Å². The Kier molecular flexibility index (Phi) is 6.16. The molecule has 0 saturated carbocycles. The minimum absolute atomic E-state index is 0.0631. The van der Waals surface area contributed by atoms with Gasteiger partial charge in [-0.3, -0.25) is 9.59 Å². The van der Waals surface area contributed by atoms with Crippen LogP contribution >= 0.6 is 0 Å². The third kappa shape index (κ3) is 4.39. The zero-order valence-corrected chi connectivity index (χ0v) is 17.1. The molecule has 1 saturated heterocycles. The zero-order valence-electron chi connectivity index (χ0n) is 17.1. The van der Waals surface area contributed by atoms with Crippen molar-refractivity contribution in [1.29, 1.82) is 0 Å². The molecule has 2 aromatic carbocycles. The number of para-hydroxylation sites is 1. The molecule has 0 bridgehead atoms. The van der Waals surface area contributed by atoms with E-state index in [1.165, 1.54) is 6.21 Å². The number of benzene rings is 2. The summed E-state index contributed by atoms with van der Waals surface area (Å²) >= 11 is 0. The second kappa shape index (κ2) is 8.77. The molecule has 7 nitrogen and oxygen atoms in total. The largest absolute Gasteiger partial charge is 0.493 e. The van der Waals surface area contributed by atoms with Gasteiger partial charge in [-0.15, -0.1) is 0 Å². The molecule has 0 aliphatic carbocycles. The van der Waals surface area contributed by atoms with Gasteiger partial charge in [0.25, 0.3) is 0 Å². The maximum Gasteiger partial charge on any atom is 0.245 e. The van der Waals surface area contributed by atoms with Crippen LogP contribution in [-0.4, -0.2) is 38.8 Å². The van der Waals surface area contributed by atoms with Crippen LogP contribution in [0.5, 0.6) is 11.5 Å². The Bertz CT molecular complexity index is 955. The summed E-state index contributed by atoms with van der Waals surface area (Å²) in [4.78, 5) is 26.6. The van der Waals surface area contributed by atoms with E-state index in [9.17, 15) is 9.59 Å². The van der Waals surface area contributed by atoms with Crippen LogP contribution in [0, 0.1) is 19.8 Å². The van der Waals surface area contributed by atoms with Crippen molar-refractivity contribution in [3.63, 3.8) is 0 Å². The number of amides is 2. The van der Waals surface area contributed by atoms with E-state index in [1.54, 1.807) is 31.3 Å².